The van der Waals surface area contributed by atoms with Gasteiger partial charge in [-0.25, -0.2) is 4.98 Å². The minimum atomic E-state index is -1.56. The Labute approximate surface area is 211 Å². The number of aryl methyl sites for hydroxylation is 1. The standard InChI is InChI=1S/C26H41NO5S2/c1-16-9-8-10-17(2)25(30)19(4)34(31)26(6,7)23(28)14-24(29)32-22(12-11-16)18(3)13-21-15-33-20(5)27-21/h11,13,15,17,19,22-23,25,28,30H,8-10,12,14H2,1-7H3/t17-,19+,22-,23-,25-,34?/m0/s1. The van der Waals surface area contributed by atoms with Gasteiger partial charge in [-0.2, -0.15) is 0 Å². The molecule has 0 aromatic carbocycles. The van der Waals surface area contributed by atoms with E-state index in [9.17, 15) is 19.2 Å². The molecule has 0 radical (unpaired) electrons. The van der Waals surface area contributed by atoms with E-state index in [-0.39, 0.29) is 12.3 Å². The summed E-state index contributed by atoms with van der Waals surface area (Å²) in [5.74, 6) is -0.554. The first-order chi connectivity index (χ1) is 15.8. The summed E-state index contributed by atoms with van der Waals surface area (Å²) in [7, 11) is -1.56. The number of thiazole rings is 1. The van der Waals surface area contributed by atoms with Gasteiger partial charge in [-0.05, 0) is 78.4 Å². The third-order valence-corrected chi connectivity index (χ3v) is 9.84. The molecular weight excluding hydrogens is 470 g/mol. The Bertz CT molecular complexity index is 920. The zero-order valence-electron chi connectivity index (χ0n) is 21.5. The van der Waals surface area contributed by atoms with E-state index in [4.69, 9.17) is 4.74 Å². The van der Waals surface area contributed by atoms with Crippen molar-refractivity contribution in [3.8, 4) is 0 Å². The second-order valence-electron chi connectivity index (χ2n) is 10.1. The van der Waals surface area contributed by atoms with Gasteiger partial charge in [0.1, 0.15) is 6.10 Å². The molecule has 1 aromatic rings. The molecule has 2 rings (SSSR count). The van der Waals surface area contributed by atoms with Crippen molar-refractivity contribution in [2.24, 2.45) is 5.92 Å². The third-order valence-electron chi connectivity index (χ3n) is 6.79. The molecule has 0 fully saturated rings. The Morgan fingerprint density at radius 2 is 1.97 bits per heavy atom. The van der Waals surface area contributed by atoms with Crippen LogP contribution >= 0.6 is 11.3 Å². The molecule has 1 unspecified atom stereocenters. The van der Waals surface area contributed by atoms with Gasteiger partial charge in [-0.3, -0.25) is 9.00 Å². The zero-order valence-corrected chi connectivity index (χ0v) is 23.2. The number of hydrogen-bond acceptors (Lipinski definition) is 7. The number of aromatic nitrogens is 1. The number of allylic oxidation sites excluding steroid dienone is 1. The van der Waals surface area contributed by atoms with Gasteiger partial charge in [-0.1, -0.05) is 18.6 Å². The number of aliphatic hydroxyl groups is 2. The smallest absolute Gasteiger partial charge is 0.309 e. The number of ether oxygens (including phenoxy) is 1. The van der Waals surface area contributed by atoms with Crippen LogP contribution in [0.3, 0.4) is 0 Å². The predicted molar refractivity (Wildman–Crippen MR) is 140 cm³/mol. The molecule has 6 nitrogen and oxygen atoms in total. The molecule has 0 amide bonds. The van der Waals surface area contributed by atoms with E-state index in [1.807, 2.05) is 32.2 Å². The molecule has 0 bridgehead atoms. The first kappa shape index (κ1) is 28.9. The summed E-state index contributed by atoms with van der Waals surface area (Å²) in [6.45, 7) is 13.0. The second kappa shape index (κ2) is 12.6. The van der Waals surface area contributed by atoms with Gasteiger partial charge in [0.25, 0.3) is 0 Å². The summed E-state index contributed by atoms with van der Waals surface area (Å²) < 4.78 is 18.0. The summed E-state index contributed by atoms with van der Waals surface area (Å²) in [4.78, 5) is 17.3. The molecule has 2 heterocycles. The van der Waals surface area contributed by atoms with Gasteiger partial charge in [-0.15, -0.1) is 11.3 Å². The fourth-order valence-corrected chi connectivity index (χ4v) is 6.60. The van der Waals surface area contributed by atoms with Crippen LogP contribution in [0, 0.1) is 12.8 Å². The van der Waals surface area contributed by atoms with Gasteiger partial charge in [0, 0.05) is 22.6 Å². The topological polar surface area (TPSA) is 96.7 Å². The van der Waals surface area contributed by atoms with Crippen molar-refractivity contribution in [1.82, 2.24) is 4.98 Å². The fourth-order valence-electron chi connectivity index (χ4n) is 4.20. The van der Waals surface area contributed by atoms with E-state index >= 15 is 0 Å². The van der Waals surface area contributed by atoms with Crippen LogP contribution in [0.5, 0.6) is 0 Å². The van der Waals surface area contributed by atoms with Gasteiger partial charge < -0.3 is 14.9 Å². The molecular formula is C26H41NO5S2. The van der Waals surface area contributed by atoms with Crippen LogP contribution in [0.4, 0.5) is 0 Å². The van der Waals surface area contributed by atoms with Crippen molar-refractivity contribution in [1.29, 1.82) is 0 Å². The van der Waals surface area contributed by atoms with Gasteiger partial charge in [0.05, 0.1) is 39.3 Å². The number of cyclic esters (lactones) is 1. The van der Waals surface area contributed by atoms with E-state index < -0.39 is 45.1 Å². The SMILES string of the molecule is CC1=CC[C@@H](C(C)=Cc2csc(C)n2)OC(=O)C[C@H](O)C(C)(C)S(=O)[C@H](C)[C@@H](O)[C@@H](C)CCC1. The maximum Gasteiger partial charge on any atom is 0.309 e. The maximum atomic E-state index is 13.3. The molecule has 1 aliphatic rings. The highest BCUT2D eigenvalue weighted by Crippen LogP contribution is 2.29. The number of carbonyl (C=O) groups is 1. The summed E-state index contributed by atoms with van der Waals surface area (Å²) in [6.07, 6.45) is 4.52. The fraction of sp³-hybridized carbons (Fsp3) is 0.692. The highest BCUT2D eigenvalue weighted by molar-refractivity contribution is 7.87. The Balaban J connectivity index is 2.33. The maximum absolute atomic E-state index is 13.3. The van der Waals surface area contributed by atoms with E-state index in [0.717, 1.165) is 35.5 Å². The lowest BCUT2D eigenvalue weighted by Gasteiger charge is -2.35. The van der Waals surface area contributed by atoms with E-state index in [2.05, 4.69) is 18.0 Å². The third kappa shape index (κ3) is 7.83. The minimum absolute atomic E-state index is 0.0166. The van der Waals surface area contributed by atoms with Crippen LogP contribution in [0.2, 0.25) is 0 Å². The Morgan fingerprint density at radius 1 is 1.29 bits per heavy atom. The summed E-state index contributed by atoms with van der Waals surface area (Å²) in [5.41, 5.74) is 2.92. The van der Waals surface area contributed by atoms with E-state index in [1.165, 1.54) is 5.57 Å². The molecule has 192 valence electrons. The monoisotopic (exact) mass is 511 g/mol. The molecule has 0 saturated heterocycles. The molecule has 1 aliphatic heterocycles. The molecule has 8 heteroatoms. The number of rotatable bonds is 2. The lowest BCUT2D eigenvalue weighted by molar-refractivity contribution is -0.149. The number of esters is 1. The lowest BCUT2D eigenvalue weighted by Crippen LogP contribution is -2.49. The molecule has 0 spiro atoms. The van der Waals surface area contributed by atoms with Crippen LogP contribution in [0.15, 0.2) is 22.6 Å². The van der Waals surface area contributed by atoms with Crippen molar-refractivity contribution < 1.29 is 24.0 Å². The number of aliphatic hydroxyl groups excluding tert-OH is 2. The highest BCUT2D eigenvalue weighted by Gasteiger charge is 2.41. The largest absolute Gasteiger partial charge is 0.457 e. The predicted octanol–water partition coefficient (Wildman–Crippen LogP) is 4.95. The normalized spacial score (nSPS) is 32.7. The molecule has 0 saturated carbocycles. The molecule has 34 heavy (non-hydrogen) atoms. The van der Waals surface area contributed by atoms with E-state index in [0.29, 0.717) is 6.42 Å². The molecule has 0 aliphatic carbocycles. The second-order valence-corrected chi connectivity index (χ2v) is 13.6. The Morgan fingerprint density at radius 3 is 2.59 bits per heavy atom. The van der Waals surface area contributed by atoms with Crippen LogP contribution in [-0.4, -0.2) is 53.7 Å². The van der Waals surface area contributed by atoms with Gasteiger partial charge >= 0.3 is 5.97 Å². The van der Waals surface area contributed by atoms with E-state index in [1.54, 1.807) is 32.1 Å². The van der Waals surface area contributed by atoms with Crippen LogP contribution in [0.25, 0.3) is 6.08 Å². The highest BCUT2D eigenvalue weighted by atomic mass is 32.2. The zero-order chi connectivity index (χ0) is 25.6. The minimum Gasteiger partial charge on any atom is -0.457 e. The van der Waals surface area contributed by atoms with Crippen molar-refractivity contribution in [2.75, 3.05) is 0 Å². The Kier molecular flexibility index (Phi) is 10.7. The quantitative estimate of drug-likeness (QED) is 0.431. The van der Waals surface area contributed by atoms with Crippen molar-refractivity contribution in [2.45, 2.75) is 109 Å². The van der Waals surface area contributed by atoms with Crippen LogP contribution < -0.4 is 0 Å². The average molecular weight is 512 g/mol. The van der Waals surface area contributed by atoms with Gasteiger partial charge in [0.15, 0.2) is 0 Å². The van der Waals surface area contributed by atoms with Crippen molar-refractivity contribution in [3.63, 3.8) is 0 Å². The lowest BCUT2D eigenvalue weighted by atomic mass is 9.94. The van der Waals surface area contributed by atoms with Crippen LogP contribution in [-0.2, 0) is 20.3 Å². The molecule has 1 aromatic heterocycles. The Hall–Kier alpha value is -1.35. The summed E-state index contributed by atoms with van der Waals surface area (Å²) in [5, 5.41) is 24.1. The van der Waals surface area contributed by atoms with Crippen LogP contribution in [0.1, 0.15) is 84.3 Å². The number of nitrogens with zero attached hydrogens (tertiary/aromatic N) is 1. The first-order valence-electron chi connectivity index (χ1n) is 12.0. The number of carbonyl (C=O) groups excluding carboxylic acids is 1. The van der Waals surface area contributed by atoms with Crippen molar-refractivity contribution in [3.05, 3.63) is 33.3 Å². The summed E-state index contributed by atoms with van der Waals surface area (Å²) in [6, 6.07) is 0. The molecule has 6 atom stereocenters. The number of hydrogen-bond donors (Lipinski definition) is 2. The van der Waals surface area contributed by atoms with Crippen molar-refractivity contribution >= 4 is 34.2 Å². The summed E-state index contributed by atoms with van der Waals surface area (Å²) >= 11 is 1.57. The van der Waals surface area contributed by atoms with Gasteiger partial charge in [0.2, 0.25) is 0 Å². The average Bonchev–Trinajstić information content (AvgIpc) is 3.18. The molecule has 2 N–H and O–H groups in total. The first-order valence-corrected chi connectivity index (χ1v) is 14.1.